The first-order valence-corrected chi connectivity index (χ1v) is 6.35. The highest BCUT2D eigenvalue weighted by Gasteiger charge is 2.24. The van der Waals surface area contributed by atoms with E-state index in [2.05, 4.69) is 15.3 Å². The molecule has 0 aromatic carbocycles. The number of anilines is 1. The first-order valence-electron chi connectivity index (χ1n) is 5.47. The molecule has 0 aliphatic carbocycles. The molecular formula is C10H16N4O2S. The number of nitrogens with one attached hydrogen (secondary N) is 1. The molecule has 0 spiro atoms. The van der Waals surface area contributed by atoms with E-state index in [1.54, 1.807) is 5.38 Å². The molecule has 1 fully saturated rings. The molecule has 1 aromatic rings. The molecule has 0 radical (unpaired) electrons. The highest BCUT2D eigenvalue weighted by atomic mass is 32.1. The van der Waals surface area contributed by atoms with Crippen molar-refractivity contribution in [1.29, 1.82) is 0 Å². The maximum absolute atomic E-state index is 11.3. The summed E-state index contributed by atoms with van der Waals surface area (Å²) in [6.45, 7) is 5.65. The number of hydrazine groups is 1. The molecule has 6 nitrogen and oxygen atoms in total. The Kier molecular flexibility index (Phi) is 3.60. The Morgan fingerprint density at radius 1 is 1.59 bits per heavy atom. The Morgan fingerprint density at radius 2 is 2.24 bits per heavy atom. The van der Waals surface area contributed by atoms with E-state index in [4.69, 9.17) is 10.6 Å². The molecule has 2 unspecified atom stereocenters. The van der Waals surface area contributed by atoms with Gasteiger partial charge in [-0.3, -0.25) is 10.2 Å². The second-order valence-electron chi connectivity index (χ2n) is 4.15. The van der Waals surface area contributed by atoms with E-state index >= 15 is 0 Å². The van der Waals surface area contributed by atoms with E-state index in [-0.39, 0.29) is 18.1 Å². The largest absolute Gasteiger partial charge is 0.372 e. The maximum Gasteiger partial charge on any atom is 0.284 e. The summed E-state index contributed by atoms with van der Waals surface area (Å²) in [5.74, 6) is 4.71. The van der Waals surface area contributed by atoms with Crippen molar-refractivity contribution >= 4 is 22.4 Å². The lowest BCUT2D eigenvalue weighted by molar-refractivity contribution is -0.00522. The number of nitrogen functional groups attached to an aromatic ring is 1. The summed E-state index contributed by atoms with van der Waals surface area (Å²) in [6.07, 6.45) is 0.351. The van der Waals surface area contributed by atoms with E-state index in [1.807, 2.05) is 13.8 Å². The molecule has 17 heavy (non-hydrogen) atoms. The standard InChI is InChI=1S/C10H16N4O2S/c1-6-3-14(4-7(2)16-6)10-12-8(5-17-10)9(15)13-11/h5-7H,3-4,11H2,1-2H3,(H,13,15). The van der Waals surface area contributed by atoms with Crippen molar-refractivity contribution in [3.8, 4) is 0 Å². The first kappa shape index (κ1) is 12.3. The number of morpholine rings is 1. The topological polar surface area (TPSA) is 80.5 Å². The number of hydrogen-bond acceptors (Lipinski definition) is 6. The third-order valence-electron chi connectivity index (χ3n) is 2.55. The van der Waals surface area contributed by atoms with Gasteiger partial charge in [-0.05, 0) is 13.8 Å². The SMILES string of the molecule is CC1CN(c2nc(C(=O)NN)cs2)CC(C)O1. The summed E-state index contributed by atoms with van der Waals surface area (Å²) in [6, 6.07) is 0. The van der Waals surface area contributed by atoms with Crippen LogP contribution in [-0.2, 0) is 4.74 Å². The minimum absolute atomic E-state index is 0.175. The van der Waals surface area contributed by atoms with Crippen LogP contribution in [0.2, 0.25) is 0 Å². The van der Waals surface area contributed by atoms with Crippen LogP contribution in [0.1, 0.15) is 24.3 Å². The van der Waals surface area contributed by atoms with Gasteiger partial charge in [-0.15, -0.1) is 11.3 Å². The molecule has 1 aromatic heterocycles. The third kappa shape index (κ3) is 2.74. The average molecular weight is 256 g/mol. The first-order chi connectivity index (χ1) is 8.10. The van der Waals surface area contributed by atoms with Gasteiger partial charge in [-0.2, -0.15) is 0 Å². The predicted octanol–water partition coefficient (Wildman–Crippen LogP) is 0.360. The molecule has 2 rings (SSSR count). The molecule has 7 heteroatoms. The van der Waals surface area contributed by atoms with Crippen LogP contribution in [0.15, 0.2) is 5.38 Å². The highest BCUT2D eigenvalue weighted by Crippen LogP contribution is 2.24. The number of ether oxygens (including phenoxy) is 1. The zero-order chi connectivity index (χ0) is 12.4. The van der Waals surface area contributed by atoms with Gasteiger partial charge < -0.3 is 9.64 Å². The molecule has 1 amide bonds. The van der Waals surface area contributed by atoms with Gasteiger partial charge in [-0.1, -0.05) is 0 Å². The van der Waals surface area contributed by atoms with E-state index in [1.165, 1.54) is 11.3 Å². The van der Waals surface area contributed by atoms with Crippen LogP contribution in [0.25, 0.3) is 0 Å². The van der Waals surface area contributed by atoms with Crippen molar-refractivity contribution in [1.82, 2.24) is 10.4 Å². The fraction of sp³-hybridized carbons (Fsp3) is 0.600. The van der Waals surface area contributed by atoms with Crippen LogP contribution >= 0.6 is 11.3 Å². The predicted molar refractivity (Wildman–Crippen MR) is 66.0 cm³/mol. The monoisotopic (exact) mass is 256 g/mol. The number of rotatable bonds is 2. The smallest absolute Gasteiger partial charge is 0.284 e. The average Bonchev–Trinajstić information content (AvgIpc) is 2.76. The fourth-order valence-corrected chi connectivity index (χ4v) is 2.75. The van der Waals surface area contributed by atoms with E-state index in [9.17, 15) is 4.79 Å². The van der Waals surface area contributed by atoms with Crippen molar-refractivity contribution < 1.29 is 9.53 Å². The summed E-state index contributed by atoms with van der Waals surface area (Å²) < 4.78 is 5.65. The van der Waals surface area contributed by atoms with Crippen LogP contribution < -0.4 is 16.2 Å². The number of carbonyl (C=O) groups is 1. The molecule has 0 bridgehead atoms. The zero-order valence-electron chi connectivity index (χ0n) is 9.84. The number of hydrogen-bond donors (Lipinski definition) is 2. The van der Waals surface area contributed by atoms with Gasteiger partial charge >= 0.3 is 0 Å². The molecule has 0 saturated carbocycles. The minimum Gasteiger partial charge on any atom is -0.372 e. The Bertz CT molecular complexity index is 399. The summed E-state index contributed by atoms with van der Waals surface area (Å²) in [5, 5.41) is 2.55. The molecule has 2 heterocycles. The fourth-order valence-electron chi connectivity index (χ4n) is 1.92. The van der Waals surface area contributed by atoms with Crippen LogP contribution in [0, 0.1) is 0 Å². The minimum atomic E-state index is -0.359. The van der Waals surface area contributed by atoms with Gasteiger partial charge in [0, 0.05) is 18.5 Å². The summed E-state index contributed by atoms with van der Waals surface area (Å²) >= 11 is 1.45. The van der Waals surface area contributed by atoms with Gasteiger partial charge in [0.1, 0.15) is 5.69 Å². The van der Waals surface area contributed by atoms with Gasteiger partial charge in [0.05, 0.1) is 12.2 Å². The Hall–Kier alpha value is -1.18. The number of nitrogens with zero attached hydrogens (tertiary/aromatic N) is 2. The Labute approximate surface area is 104 Å². The number of thiazole rings is 1. The lowest BCUT2D eigenvalue weighted by Gasteiger charge is -2.35. The third-order valence-corrected chi connectivity index (χ3v) is 3.45. The van der Waals surface area contributed by atoms with E-state index in [0.717, 1.165) is 18.2 Å². The van der Waals surface area contributed by atoms with Crippen LogP contribution in [-0.4, -0.2) is 36.2 Å². The summed E-state index contributed by atoms with van der Waals surface area (Å²) in [4.78, 5) is 17.7. The van der Waals surface area contributed by atoms with Crippen LogP contribution in [0.5, 0.6) is 0 Å². The molecule has 2 atom stereocenters. The zero-order valence-corrected chi connectivity index (χ0v) is 10.7. The normalized spacial score (nSPS) is 24.8. The van der Waals surface area contributed by atoms with Crippen LogP contribution in [0.4, 0.5) is 5.13 Å². The van der Waals surface area contributed by atoms with Gasteiger partial charge in [-0.25, -0.2) is 10.8 Å². The van der Waals surface area contributed by atoms with Crippen LogP contribution in [0.3, 0.4) is 0 Å². The van der Waals surface area contributed by atoms with Crippen molar-refractivity contribution in [3.05, 3.63) is 11.1 Å². The molecule has 94 valence electrons. The highest BCUT2D eigenvalue weighted by molar-refractivity contribution is 7.13. The van der Waals surface area contributed by atoms with Gasteiger partial charge in [0.25, 0.3) is 5.91 Å². The maximum atomic E-state index is 11.3. The van der Waals surface area contributed by atoms with Crippen molar-refractivity contribution in [2.24, 2.45) is 5.84 Å². The summed E-state index contributed by atoms with van der Waals surface area (Å²) in [5.41, 5.74) is 2.44. The molecule has 3 N–H and O–H groups in total. The quantitative estimate of drug-likeness (QED) is 0.454. The molecule has 1 aliphatic rings. The Morgan fingerprint density at radius 3 is 2.82 bits per heavy atom. The number of carbonyl (C=O) groups excluding carboxylic acids is 1. The number of nitrogens with two attached hydrogens (primary N) is 1. The van der Waals surface area contributed by atoms with Crippen molar-refractivity contribution in [2.45, 2.75) is 26.1 Å². The second kappa shape index (κ2) is 4.99. The van der Waals surface area contributed by atoms with Crippen molar-refractivity contribution in [2.75, 3.05) is 18.0 Å². The van der Waals surface area contributed by atoms with E-state index in [0.29, 0.717) is 5.69 Å². The van der Waals surface area contributed by atoms with Gasteiger partial charge in [0.2, 0.25) is 0 Å². The van der Waals surface area contributed by atoms with E-state index < -0.39 is 0 Å². The van der Waals surface area contributed by atoms with Crippen molar-refractivity contribution in [3.63, 3.8) is 0 Å². The lowest BCUT2D eigenvalue weighted by Crippen LogP contribution is -2.45. The summed E-state index contributed by atoms with van der Waals surface area (Å²) in [7, 11) is 0. The number of aromatic nitrogens is 1. The lowest BCUT2D eigenvalue weighted by atomic mass is 10.2. The molecular weight excluding hydrogens is 240 g/mol. The molecule has 1 saturated heterocycles. The Balaban J connectivity index is 2.11. The number of amides is 1. The second-order valence-corrected chi connectivity index (χ2v) is 4.99. The van der Waals surface area contributed by atoms with Gasteiger partial charge in [0.15, 0.2) is 5.13 Å². The molecule has 1 aliphatic heterocycles.